The highest BCUT2D eigenvalue weighted by atomic mass is 79.9. The first-order valence-electron chi connectivity index (χ1n) is 6.64. The van der Waals surface area contributed by atoms with Gasteiger partial charge in [0.25, 0.3) is 0 Å². The maximum Gasteiger partial charge on any atom is 0.196 e. The van der Waals surface area contributed by atoms with Gasteiger partial charge in [0.2, 0.25) is 0 Å². The molecule has 1 aliphatic heterocycles. The third-order valence-electron chi connectivity index (χ3n) is 3.82. The molecule has 1 unspecified atom stereocenters. The predicted molar refractivity (Wildman–Crippen MR) is 91.9 cm³/mol. The van der Waals surface area contributed by atoms with Crippen molar-refractivity contribution in [3.05, 3.63) is 63.6 Å². The molecule has 1 atom stereocenters. The average molecular weight is 365 g/mol. The summed E-state index contributed by atoms with van der Waals surface area (Å²) in [5.41, 5.74) is 7.78. The minimum absolute atomic E-state index is 0.366. The number of nitrogens with zero attached hydrogens (tertiary/aromatic N) is 2. The Hall–Kier alpha value is -1.52. The Bertz CT molecular complexity index is 716. The highest BCUT2D eigenvalue weighted by Crippen LogP contribution is 2.41. The van der Waals surface area contributed by atoms with E-state index in [1.807, 2.05) is 47.4 Å². The van der Waals surface area contributed by atoms with Crippen molar-refractivity contribution in [1.82, 2.24) is 0 Å². The van der Waals surface area contributed by atoms with Crippen molar-refractivity contribution in [3.8, 4) is 0 Å². The number of hydrogen-bond donors (Lipinski definition) is 1. The second-order valence-corrected chi connectivity index (χ2v) is 6.48. The zero-order valence-corrected chi connectivity index (χ0v) is 13.9. The van der Waals surface area contributed by atoms with Crippen LogP contribution in [0.2, 0.25) is 5.02 Å². The summed E-state index contributed by atoms with van der Waals surface area (Å²) in [5.74, 6) is 0.487. The van der Waals surface area contributed by atoms with Crippen molar-refractivity contribution in [1.29, 1.82) is 0 Å². The monoisotopic (exact) mass is 363 g/mol. The van der Waals surface area contributed by atoms with E-state index in [1.54, 1.807) is 0 Å². The lowest BCUT2D eigenvalue weighted by atomic mass is 9.90. The largest absolute Gasteiger partial charge is 0.369 e. The lowest BCUT2D eigenvalue weighted by Crippen LogP contribution is -2.48. The molecule has 0 aromatic heterocycles. The van der Waals surface area contributed by atoms with Crippen LogP contribution in [0, 0.1) is 0 Å². The van der Waals surface area contributed by atoms with Gasteiger partial charge >= 0.3 is 0 Å². The first kappa shape index (κ1) is 14.4. The molecule has 5 heteroatoms. The molecule has 0 aliphatic carbocycles. The van der Waals surface area contributed by atoms with Crippen LogP contribution in [0.15, 0.2) is 58.0 Å². The number of hydrogen-bond acceptors (Lipinski definition) is 3. The number of aliphatic imine (C=N–C) groups is 1. The summed E-state index contributed by atoms with van der Waals surface area (Å²) in [6, 6.07) is 15.8. The topological polar surface area (TPSA) is 41.6 Å². The fourth-order valence-electron chi connectivity index (χ4n) is 2.76. The van der Waals surface area contributed by atoms with Gasteiger partial charge in [0, 0.05) is 4.47 Å². The quantitative estimate of drug-likeness (QED) is 0.869. The van der Waals surface area contributed by atoms with Gasteiger partial charge in [-0.3, -0.25) is 9.89 Å². The number of halogens is 2. The summed E-state index contributed by atoms with van der Waals surface area (Å²) in [6.45, 7) is 2.71. The van der Waals surface area contributed by atoms with E-state index >= 15 is 0 Å². The van der Waals surface area contributed by atoms with Crippen LogP contribution >= 0.6 is 27.5 Å². The normalized spacial score (nSPS) is 21.5. The molecule has 0 bridgehead atoms. The molecule has 2 aromatic rings. The molecular formula is C16H15BrClN3. The zero-order valence-electron chi connectivity index (χ0n) is 11.6. The van der Waals surface area contributed by atoms with Gasteiger partial charge < -0.3 is 5.73 Å². The lowest BCUT2D eigenvalue weighted by Gasteiger charge is -2.37. The van der Waals surface area contributed by atoms with Crippen molar-refractivity contribution in [2.45, 2.75) is 12.5 Å². The minimum atomic E-state index is -0.366. The Morgan fingerprint density at radius 2 is 1.86 bits per heavy atom. The van der Waals surface area contributed by atoms with Crippen molar-refractivity contribution in [3.63, 3.8) is 0 Å². The third-order valence-corrected chi connectivity index (χ3v) is 4.83. The molecular weight excluding hydrogens is 350 g/mol. The fourth-order valence-corrected chi connectivity index (χ4v) is 3.69. The highest BCUT2D eigenvalue weighted by molar-refractivity contribution is 9.10. The second-order valence-electron chi connectivity index (χ2n) is 5.21. The summed E-state index contributed by atoms with van der Waals surface area (Å²) < 4.78 is 1.04. The lowest BCUT2D eigenvalue weighted by molar-refractivity contribution is 0.530. The molecule has 1 aliphatic rings. The Morgan fingerprint density at radius 1 is 1.19 bits per heavy atom. The first-order valence-corrected chi connectivity index (χ1v) is 7.81. The van der Waals surface area contributed by atoms with Crippen molar-refractivity contribution >= 4 is 39.2 Å². The SMILES string of the molecule is CC1(c2ccccc2Br)CN=C(N)N1c1ccccc1Cl. The van der Waals surface area contributed by atoms with E-state index in [-0.39, 0.29) is 5.54 Å². The average Bonchev–Trinajstić information content (AvgIpc) is 2.77. The Labute approximate surface area is 137 Å². The van der Waals surface area contributed by atoms with Gasteiger partial charge in [-0.2, -0.15) is 0 Å². The number of benzene rings is 2. The van der Waals surface area contributed by atoms with E-state index in [2.05, 4.69) is 33.9 Å². The molecule has 0 amide bonds. The van der Waals surface area contributed by atoms with Crippen molar-refractivity contribution in [2.24, 2.45) is 10.7 Å². The van der Waals surface area contributed by atoms with Crippen molar-refractivity contribution < 1.29 is 0 Å². The van der Waals surface area contributed by atoms with Gasteiger partial charge in [-0.05, 0) is 30.7 Å². The van der Waals surface area contributed by atoms with E-state index < -0.39 is 0 Å². The van der Waals surface area contributed by atoms with Crippen LogP contribution in [-0.2, 0) is 5.54 Å². The Kier molecular flexibility index (Phi) is 3.68. The molecule has 21 heavy (non-hydrogen) atoms. The van der Waals surface area contributed by atoms with Gasteiger partial charge in [-0.1, -0.05) is 57.9 Å². The number of para-hydroxylation sites is 1. The molecule has 0 saturated heterocycles. The maximum atomic E-state index is 6.36. The predicted octanol–water partition coefficient (Wildman–Crippen LogP) is 4.15. The van der Waals surface area contributed by atoms with Crippen LogP contribution in [0.3, 0.4) is 0 Å². The molecule has 0 radical (unpaired) electrons. The van der Waals surface area contributed by atoms with Gasteiger partial charge in [-0.25, -0.2) is 0 Å². The summed E-state index contributed by atoms with van der Waals surface area (Å²) in [4.78, 5) is 6.46. The van der Waals surface area contributed by atoms with Crippen LogP contribution in [-0.4, -0.2) is 12.5 Å². The van der Waals surface area contributed by atoms with Gasteiger partial charge in [0.1, 0.15) is 0 Å². The fraction of sp³-hybridized carbons (Fsp3) is 0.188. The molecule has 0 saturated carbocycles. The Morgan fingerprint density at radius 3 is 2.57 bits per heavy atom. The maximum absolute atomic E-state index is 6.36. The molecule has 1 heterocycles. The molecule has 2 aromatic carbocycles. The summed E-state index contributed by atoms with van der Waals surface area (Å²) >= 11 is 9.99. The van der Waals surface area contributed by atoms with Crippen LogP contribution in [0.25, 0.3) is 0 Å². The van der Waals surface area contributed by atoms with Gasteiger partial charge in [0.05, 0.1) is 22.8 Å². The first-order chi connectivity index (χ1) is 10.0. The van der Waals surface area contributed by atoms with E-state index in [0.717, 1.165) is 15.7 Å². The molecule has 0 fully saturated rings. The van der Waals surface area contributed by atoms with E-state index in [0.29, 0.717) is 17.5 Å². The van der Waals surface area contributed by atoms with Crippen LogP contribution < -0.4 is 10.6 Å². The van der Waals surface area contributed by atoms with Gasteiger partial charge in [0.15, 0.2) is 5.96 Å². The third kappa shape index (κ3) is 2.32. The van der Waals surface area contributed by atoms with E-state index in [9.17, 15) is 0 Å². The molecule has 3 rings (SSSR count). The number of guanidine groups is 1. The second kappa shape index (κ2) is 5.35. The van der Waals surface area contributed by atoms with Crippen LogP contribution in [0.5, 0.6) is 0 Å². The minimum Gasteiger partial charge on any atom is -0.369 e. The standard InChI is InChI=1S/C16H15BrClN3/c1-16(11-6-2-3-7-12(11)17)10-20-15(19)21(16)14-9-5-4-8-13(14)18/h2-9H,10H2,1H3,(H2,19,20). The van der Waals surface area contributed by atoms with E-state index in [4.69, 9.17) is 17.3 Å². The molecule has 0 spiro atoms. The van der Waals surface area contributed by atoms with Crippen molar-refractivity contribution in [2.75, 3.05) is 11.4 Å². The van der Waals surface area contributed by atoms with Gasteiger partial charge in [-0.15, -0.1) is 0 Å². The van der Waals surface area contributed by atoms with Crippen LogP contribution in [0.4, 0.5) is 5.69 Å². The highest BCUT2D eigenvalue weighted by Gasteiger charge is 2.42. The van der Waals surface area contributed by atoms with Crippen LogP contribution in [0.1, 0.15) is 12.5 Å². The summed E-state index contributed by atoms with van der Waals surface area (Å²) in [7, 11) is 0. The smallest absolute Gasteiger partial charge is 0.196 e. The molecule has 108 valence electrons. The zero-order chi connectivity index (χ0) is 15.0. The Balaban J connectivity index is 2.16. The number of rotatable bonds is 2. The summed E-state index contributed by atoms with van der Waals surface area (Å²) in [5, 5.41) is 0.663. The molecule has 2 N–H and O–H groups in total. The van der Waals surface area contributed by atoms with E-state index in [1.165, 1.54) is 0 Å². The number of nitrogens with two attached hydrogens (primary N) is 1. The molecule has 3 nitrogen and oxygen atoms in total. The summed E-state index contributed by atoms with van der Waals surface area (Å²) in [6.07, 6.45) is 0. The number of anilines is 1.